The number of hydrogen-bond donors (Lipinski definition) is 2. The molecule has 0 unspecified atom stereocenters. The van der Waals surface area contributed by atoms with Crippen molar-refractivity contribution in [2.45, 2.75) is 31.1 Å². The maximum atomic E-state index is 12.0. The van der Waals surface area contributed by atoms with E-state index in [1.165, 1.54) is 5.56 Å². The average Bonchev–Trinajstić information content (AvgIpc) is 3.40. The van der Waals surface area contributed by atoms with Crippen LogP contribution in [0.25, 0.3) is 0 Å². The monoisotopic (exact) mass is 310 g/mol. The van der Waals surface area contributed by atoms with Gasteiger partial charge in [-0.2, -0.15) is 0 Å². The van der Waals surface area contributed by atoms with Gasteiger partial charge in [0.1, 0.15) is 0 Å². The van der Waals surface area contributed by atoms with Crippen LogP contribution in [-0.4, -0.2) is 29.0 Å². The Balaban J connectivity index is 1.36. The van der Waals surface area contributed by atoms with Crippen LogP contribution in [-0.2, 0) is 10.2 Å². The number of aromatic nitrogens is 2. The average molecular weight is 310 g/mol. The second-order valence-electron chi connectivity index (χ2n) is 6.03. The zero-order valence-electron chi connectivity index (χ0n) is 13.2. The highest BCUT2D eigenvalue weighted by Crippen LogP contribution is 2.47. The van der Waals surface area contributed by atoms with E-state index in [-0.39, 0.29) is 11.3 Å². The Hall–Kier alpha value is -2.43. The van der Waals surface area contributed by atoms with E-state index in [1.54, 1.807) is 18.5 Å². The number of benzene rings is 1. The minimum atomic E-state index is 0.114. The third-order valence-corrected chi connectivity index (χ3v) is 4.29. The highest BCUT2D eigenvalue weighted by atomic mass is 16.1. The van der Waals surface area contributed by atoms with E-state index in [4.69, 9.17) is 0 Å². The molecule has 1 aromatic carbocycles. The molecule has 0 saturated heterocycles. The molecule has 0 spiro atoms. The van der Waals surface area contributed by atoms with Crippen LogP contribution in [0.15, 0.2) is 48.8 Å². The molecule has 120 valence electrons. The second kappa shape index (κ2) is 7.22. The molecule has 0 atom stereocenters. The number of carbonyl (C=O) groups excluding carboxylic acids is 1. The van der Waals surface area contributed by atoms with E-state index in [9.17, 15) is 4.79 Å². The molecule has 1 amide bonds. The minimum absolute atomic E-state index is 0.114. The fourth-order valence-electron chi connectivity index (χ4n) is 2.71. The summed E-state index contributed by atoms with van der Waals surface area (Å²) in [5.41, 5.74) is 1.51. The molecular formula is C18H22N4O. The molecule has 1 aliphatic carbocycles. The van der Waals surface area contributed by atoms with Crippen LogP contribution >= 0.6 is 0 Å². The summed E-state index contributed by atoms with van der Waals surface area (Å²) in [5, 5.41) is 6.19. The first kappa shape index (κ1) is 15.5. The number of carbonyl (C=O) groups is 1. The molecule has 5 heteroatoms. The highest BCUT2D eigenvalue weighted by molar-refractivity contribution is 5.76. The lowest BCUT2D eigenvalue weighted by Crippen LogP contribution is -2.32. The van der Waals surface area contributed by atoms with E-state index < -0.39 is 0 Å². The number of nitrogens with zero attached hydrogens (tertiary/aromatic N) is 2. The van der Waals surface area contributed by atoms with Crippen LogP contribution in [0.5, 0.6) is 0 Å². The predicted octanol–water partition coefficient (Wildman–Crippen LogP) is 2.52. The molecule has 1 fully saturated rings. The number of anilines is 1. The first-order valence-electron chi connectivity index (χ1n) is 8.12. The number of hydrogen-bond acceptors (Lipinski definition) is 4. The molecular weight excluding hydrogens is 288 g/mol. The van der Waals surface area contributed by atoms with Gasteiger partial charge in [-0.1, -0.05) is 30.3 Å². The van der Waals surface area contributed by atoms with Crippen LogP contribution in [0, 0.1) is 0 Å². The van der Waals surface area contributed by atoms with Gasteiger partial charge in [0.05, 0.1) is 0 Å². The summed E-state index contributed by atoms with van der Waals surface area (Å²) in [5.74, 6) is 0.719. The number of amides is 1. The number of rotatable bonds is 8. The Morgan fingerprint density at radius 3 is 2.52 bits per heavy atom. The van der Waals surface area contributed by atoms with Gasteiger partial charge in [-0.15, -0.1) is 0 Å². The maximum Gasteiger partial charge on any atom is 0.222 e. The Morgan fingerprint density at radius 1 is 1.09 bits per heavy atom. The van der Waals surface area contributed by atoms with E-state index in [2.05, 4.69) is 44.9 Å². The topological polar surface area (TPSA) is 66.9 Å². The van der Waals surface area contributed by atoms with Crippen molar-refractivity contribution >= 4 is 11.9 Å². The molecule has 1 aromatic heterocycles. The predicted molar refractivity (Wildman–Crippen MR) is 90.1 cm³/mol. The molecule has 5 nitrogen and oxygen atoms in total. The first-order valence-corrected chi connectivity index (χ1v) is 8.12. The fraction of sp³-hybridized carbons (Fsp3) is 0.389. The number of nitrogens with one attached hydrogen (secondary N) is 2. The van der Waals surface area contributed by atoms with E-state index in [1.807, 2.05) is 6.07 Å². The Kier molecular flexibility index (Phi) is 4.86. The third-order valence-electron chi connectivity index (χ3n) is 4.29. The van der Waals surface area contributed by atoms with Crippen LogP contribution < -0.4 is 10.6 Å². The van der Waals surface area contributed by atoms with E-state index >= 15 is 0 Å². The normalized spacial score (nSPS) is 15.0. The van der Waals surface area contributed by atoms with Gasteiger partial charge < -0.3 is 10.6 Å². The summed E-state index contributed by atoms with van der Waals surface area (Å²) in [6.07, 6.45) is 6.99. The van der Waals surface area contributed by atoms with Gasteiger partial charge in [0.2, 0.25) is 11.9 Å². The van der Waals surface area contributed by atoms with Crippen molar-refractivity contribution in [2.24, 2.45) is 0 Å². The summed E-state index contributed by atoms with van der Waals surface area (Å²) < 4.78 is 0. The summed E-state index contributed by atoms with van der Waals surface area (Å²) in [7, 11) is 0. The summed E-state index contributed by atoms with van der Waals surface area (Å²) >= 11 is 0. The smallest absolute Gasteiger partial charge is 0.222 e. The van der Waals surface area contributed by atoms with Crippen LogP contribution in [0.4, 0.5) is 5.95 Å². The first-order chi connectivity index (χ1) is 11.3. The van der Waals surface area contributed by atoms with Crippen LogP contribution in [0.1, 0.15) is 31.2 Å². The molecule has 1 saturated carbocycles. The highest BCUT2D eigenvalue weighted by Gasteiger charge is 2.44. The SMILES string of the molecule is O=C(CCCNc1ncccn1)NCC1(c2ccccc2)CC1. The van der Waals surface area contributed by atoms with Crippen molar-refractivity contribution in [1.82, 2.24) is 15.3 Å². The maximum absolute atomic E-state index is 12.0. The van der Waals surface area contributed by atoms with Gasteiger partial charge in [0.15, 0.2) is 0 Å². The Labute approximate surface area is 136 Å². The largest absolute Gasteiger partial charge is 0.355 e. The van der Waals surface area contributed by atoms with Gasteiger partial charge in [0.25, 0.3) is 0 Å². The molecule has 0 bridgehead atoms. The van der Waals surface area contributed by atoms with Crippen molar-refractivity contribution in [3.8, 4) is 0 Å². The summed E-state index contributed by atoms with van der Waals surface area (Å²) in [4.78, 5) is 20.2. The van der Waals surface area contributed by atoms with Crippen molar-refractivity contribution < 1.29 is 4.79 Å². The van der Waals surface area contributed by atoms with Crippen LogP contribution in [0.2, 0.25) is 0 Å². The second-order valence-corrected chi connectivity index (χ2v) is 6.03. The molecule has 0 aliphatic heterocycles. The Morgan fingerprint density at radius 2 is 1.83 bits per heavy atom. The molecule has 23 heavy (non-hydrogen) atoms. The van der Waals surface area contributed by atoms with Crippen molar-refractivity contribution in [3.05, 3.63) is 54.4 Å². The van der Waals surface area contributed by atoms with Gasteiger partial charge in [-0.05, 0) is 30.9 Å². The zero-order chi connectivity index (χ0) is 16.0. The summed E-state index contributed by atoms with van der Waals surface area (Å²) in [6.45, 7) is 1.44. The lowest BCUT2D eigenvalue weighted by Gasteiger charge is -2.16. The van der Waals surface area contributed by atoms with Crippen LogP contribution in [0.3, 0.4) is 0 Å². The van der Waals surface area contributed by atoms with Gasteiger partial charge in [-0.3, -0.25) is 4.79 Å². The molecule has 3 rings (SSSR count). The molecule has 1 heterocycles. The standard InChI is InChI=1S/C18H22N4O/c23-16(8-4-11-19-17-20-12-5-13-21-17)22-14-18(9-10-18)15-6-2-1-3-7-15/h1-3,5-7,12-13H,4,8-11,14H2,(H,22,23)(H,19,20,21). The Bertz CT molecular complexity index is 626. The molecule has 2 N–H and O–H groups in total. The zero-order valence-corrected chi connectivity index (χ0v) is 13.2. The van der Waals surface area contributed by atoms with E-state index in [0.717, 1.165) is 25.8 Å². The van der Waals surface area contributed by atoms with Crippen molar-refractivity contribution in [2.75, 3.05) is 18.4 Å². The van der Waals surface area contributed by atoms with Crippen molar-refractivity contribution in [3.63, 3.8) is 0 Å². The minimum Gasteiger partial charge on any atom is -0.355 e. The van der Waals surface area contributed by atoms with E-state index in [0.29, 0.717) is 18.9 Å². The van der Waals surface area contributed by atoms with Gasteiger partial charge in [0, 0.05) is 37.3 Å². The quantitative estimate of drug-likeness (QED) is 0.735. The van der Waals surface area contributed by atoms with Crippen molar-refractivity contribution in [1.29, 1.82) is 0 Å². The molecule has 2 aromatic rings. The van der Waals surface area contributed by atoms with Gasteiger partial charge in [-0.25, -0.2) is 9.97 Å². The lowest BCUT2D eigenvalue weighted by molar-refractivity contribution is -0.121. The third kappa shape index (κ3) is 4.28. The lowest BCUT2D eigenvalue weighted by atomic mass is 9.96. The summed E-state index contributed by atoms with van der Waals surface area (Å²) in [6, 6.07) is 12.2. The molecule has 0 radical (unpaired) electrons. The fourth-order valence-corrected chi connectivity index (χ4v) is 2.71. The van der Waals surface area contributed by atoms with Gasteiger partial charge >= 0.3 is 0 Å². The molecule has 1 aliphatic rings.